The number of rotatable bonds is 3. The summed E-state index contributed by atoms with van der Waals surface area (Å²) in [6.45, 7) is 0.689. The summed E-state index contributed by atoms with van der Waals surface area (Å²) in [5, 5.41) is 0. The van der Waals surface area contributed by atoms with Crippen molar-refractivity contribution in [1.29, 1.82) is 0 Å². The van der Waals surface area contributed by atoms with Crippen molar-refractivity contribution in [3.8, 4) is 0 Å². The molecule has 0 radical (unpaired) electrons. The van der Waals surface area contributed by atoms with Crippen molar-refractivity contribution < 1.29 is 4.39 Å². The van der Waals surface area contributed by atoms with Crippen LogP contribution in [0.15, 0.2) is 24.3 Å². The second kappa shape index (κ2) is 4.54. The van der Waals surface area contributed by atoms with Gasteiger partial charge in [0.25, 0.3) is 0 Å². The lowest BCUT2D eigenvalue weighted by Crippen LogP contribution is -2.34. The SMILES string of the molecule is NCC1(Cc2cccc(F)c2)CCCS1. The molecule has 2 N–H and O–H groups in total. The molecule has 0 bridgehead atoms. The van der Waals surface area contributed by atoms with Crippen molar-refractivity contribution in [3.63, 3.8) is 0 Å². The van der Waals surface area contributed by atoms with Gasteiger partial charge in [-0.05, 0) is 42.7 Å². The molecule has 1 aliphatic rings. The second-order valence-electron chi connectivity index (χ2n) is 4.15. The normalized spacial score (nSPS) is 25.7. The average molecular weight is 225 g/mol. The highest BCUT2D eigenvalue weighted by atomic mass is 32.2. The lowest BCUT2D eigenvalue weighted by atomic mass is 9.94. The van der Waals surface area contributed by atoms with E-state index in [0.29, 0.717) is 6.54 Å². The maximum absolute atomic E-state index is 13.0. The molecule has 0 aliphatic carbocycles. The molecular formula is C12H16FNS. The number of benzene rings is 1. The Kier molecular flexibility index (Phi) is 3.32. The smallest absolute Gasteiger partial charge is 0.123 e. The van der Waals surface area contributed by atoms with E-state index < -0.39 is 0 Å². The number of halogens is 1. The molecule has 82 valence electrons. The molecule has 0 aromatic heterocycles. The Bertz CT molecular complexity index is 334. The van der Waals surface area contributed by atoms with E-state index in [4.69, 9.17) is 5.73 Å². The first-order chi connectivity index (χ1) is 7.24. The van der Waals surface area contributed by atoms with Gasteiger partial charge in [0.2, 0.25) is 0 Å². The fourth-order valence-corrected chi connectivity index (χ4v) is 3.54. The van der Waals surface area contributed by atoms with Crippen LogP contribution in [0, 0.1) is 5.82 Å². The third-order valence-corrected chi connectivity index (χ3v) is 4.59. The fourth-order valence-electron chi connectivity index (χ4n) is 2.15. The van der Waals surface area contributed by atoms with Crippen LogP contribution in [-0.2, 0) is 6.42 Å². The van der Waals surface area contributed by atoms with Gasteiger partial charge in [-0.3, -0.25) is 0 Å². The van der Waals surface area contributed by atoms with E-state index in [9.17, 15) is 4.39 Å². The Morgan fingerprint density at radius 3 is 2.93 bits per heavy atom. The Morgan fingerprint density at radius 1 is 1.47 bits per heavy atom. The van der Waals surface area contributed by atoms with E-state index in [1.165, 1.54) is 18.2 Å². The summed E-state index contributed by atoms with van der Waals surface area (Å²) in [7, 11) is 0. The highest BCUT2D eigenvalue weighted by molar-refractivity contribution is 8.00. The molecule has 0 amide bonds. The Balaban J connectivity index is 2.12. The number of hydrogen-bond donors (Lipinski definition) is 1. The van der Waals surface area contributed by atoms with E-state index >= 15 is 0 Å². The third-order valence-electron chi connectivity index (χ3n) is 2.97. The zero-order valence-corrected chi connectivity index (χ0v) is 9.52. The summed E-state index contributed by atoms with van der Waals surface area (Å²) < 4.78 is 13.2. The number of hydrogen-bond acceptors (Lipinski definition) is 2. The summed E-state index contributed by atoms with van der Waals surface area (Å²) in [4.78, 5) is 0. The minimum atomic E-state index is -0.150. The summed E-state index contributed by atoms with van der Waals surface area (Å²) in [5.41, 5.74) is 6.90. The summed E-state index contributed by atoms with van der Waals surface area (Å²) in [6, 6.07) is 6.87. The first kappa shape index (κ1) is 11.0. The van der Waals surface area contributed by atoms with E-state index in [-0.39, 0.29) is 10.6 Å². The molecule has 1 saturated heterocycles. The van der Waals surface area contributed by atoms with Crippen molar-refractivity contribution in [2.45, 2.75) is 24.0 Å². The van der Waals surface area contributed by atoms with Crippen LogP contribution in [0.5, 0.6) is 0 Å². The molecule has 0 spiro atoms. The summed E-state index contributed by atoms with van der Waals surface area (Å²) in [5.74, 6) is 1.04. The molecular weight excluding hydrogens is 209 g/mol. The number of thioether (sulfide) groups is 1. The fraction of sp³-hybridized carbons (Fsp3) is 0.500. The van der Waals surface area contributed by atoms with Crippen molar-refractivity contribution in [2.24, 2.45) is 5.73 Å². The molecule has 1 nitrogen and oxygen atoms in total. The van der Waals surface area contributed by atoms with Gasteiger partial charge in [0.15, 0.2) is 0 Å². The molecule has 15 heavy (non-hydrogen) atoms. The quantitative estimate of drug-likeness (QED) is 0.855. The van der Waals surface area contributed by atoms with Crippen molar-refractivity contribution in [2.75, 3.05) is 12.3 Å². The first-order valence-electron chi connectivity index (χ1n) is 5.33. The Hall–Kier alpha value is -0.540. The summed E-state index contributed by atoms with van der Waals surface area (Å²) in [6.07, 6.45) is 3.29. The lowest BCUT2D eigenvalue weighted by Gasteiger charge is -2.26. The number of nitrogens with two attached hydrogens (primary N) is 1. The first-order valence-corrected chi connectivity index (χ1v) is 6.31. The van der Waals surface area contributed by atoms with Crippen LogP contribution in [0.1, 0.15) is 18.4 Å². The van der Waals surface area contributed by atoms with E-state index in [1.54, 1.807) is 12.1 Å². The van der Waals surface area contributed by atoms with Gasteiger partial charge in [-0.2, -0.15) is 11.8 Å². The maximum Gasteiger partial charge on any atom is 0.123 e. The van der Waals surface area contributed by atoms with Gasteiger partial charge in [-0.15, -0.1) is 0 Å². The molecule has 2 rings (SSSR count). The van der Waals surface area contributed by atoms with Crippen LogP contribution in [0.25, 0.3) is 0 Å². The van der Waals surface area contributed by atoms with Gasteiger partial charge in [0, 0.05) is 11.3 Å². The molecule has 0 saturated carbocycles. The molecule has 1 heterocycles. The molecule has 1 fully saturated rings. The van der Waals surface area contributed by atoms with E-state index in [0.717, 1.165) is 18.4 Å². The topological polar surface area (TPSA) is 26.0 Å². The minimum Gasteiger partial charge on any atom is -0.329 e. The van der Waals surface area contributed by atoms with E-state index in [2.05, 4.69) is 0 Å². The largest absolute Gasteiger partial charge is 0.329 e. The lowest BCUT2D eigenvalue weighted by molar-refractivity contribution is 0.560. The highest BCUT2D eigenvalue weighted by Crippen LogP contribution is 2.39. The third kappa shape index (κ3) is 2.52. The zero-order chi connectivity index (χ0) is 10.7. The average Bonchev–Trinajstić information content (AvgIpc) is 2.67. The van der Waals surface area contributed by atoms with Crippen LogP contribution in [0.2, 0.25) is 0 Å². The van der Waals surface area contributed by atoms with Crippen LogP contribution in [0.4, 0.5) is 4.39 Å². The standard InChI is InChI=1S/C12H16FNS/c13-11-4-1-3-10(7-11)8-12(9-14)5-2-6-15-12/h1,3-4,7H,2,5-6,8-9,14H2. The van der Waals surface area contributed by atoms with Crippen LogP contribution < -0.4 is 5.73 Å². The monoisotopic (exact) mass is 225 g/mol. The maximum atomic E-state index is 13.0. The van der Waals surface area contributed by atoms with Crippen molar-refractivity contribution >= 4 is 11.8 Å². The Labute approximate surface area is 94.2 Å². The van der Waals surface area contributed by atoms with Gasteiger partial charge < -0.3 is 5.73 Å². The van der Waals surface area contributed by atoms with Crippen LogP contribution in [-0.4, -0.2) is 17.0 Å². The van der Waals surface area contributed by atoms with Crippen LogP contribution >= 0.6 is 11.8 Å². The van der Waals surface area contributed by atoms with Crippen molar-refractivity contribution in [1.82, 2.24) is 0 Å². The second-order valence-corrected chi connectivity index (χ2v) is 5.71. The predicted octanol–water partition coefficient (Wildman–Crippen LogP) is 2.59. The van der Waals surface area contributed by atoms with E-state index in [1.807, 2.05) is 17.8 Å². The van der Waals surface area contributed by atoms with Crippen LogP contribution in [0.3, 0.4) is 0 Å². The molecule has 1 aromatic carbocycles. The molecule has 3 heteroatoms. The Morgan fingerprint density at radius 2 is 2.33 bits per heavy atom. The molecule has 1 aromatic rings. The van der Waals surface area contributed by atoms with Gasteiger partial charge in [0.05, 0.1) is 0 Å². The highest BCUT2D eigenvalue weighted by Gasteiger charge is 2.33. The summed E-state index contributed by atoms with van der Waals surface area (Å²) >= 11 is 1.94. The van der Waals surface area contributed by atoms with Gasteiger partial charge >= 0.3 is 0 Å². The zero-order valence-electron chi connectivity index (χ0n) is 8.71. The molecule has 1 unspecified atom stereocenters. The molecule has 1 atom stereocenters. The predicted molar refractivity (Wildman–Crippen MR) is 63.6 cm³/mol. The minimum absolute atomic E-state index is 0.150. The van der Waals surface area contributed by atoms with Gasteiger partial charge in [-0.25, -0.2) is 4.39 Å². The van der Waals surface area contributed by atoms with Crippen molar-refractivity contribution in [3.05, 3.63) is 35.6 Å². The van der Waals surface area contributed by atoms with Gasteiger partial charge in [-0.1, -0.05) is 12.1 Å². The molecule has 1 aliphatic heterocycles. The van der Waals surface area contributed by atoms with Gasteiger partial charge in [0.1, 0.15) is 5.82 Å².